The summed E-state index contributed by atoms with van der Waals surface area (Å²) in [7, 11) is 2.04. The van der Waals surface area contributed by atoms with E-state index in [0.717, 1.165) is 12.1 Å². The highest BCUT2D eigenvalue weighted by Gasteiger charge is 2.36. The van der Waals surface area contributed by atoms with Crippen LogP contribution in [0.4, 0.5) is 4.39 Å². The molecule has 0 aromatic heterocycles. The maximum atomic E-state index is 13.4. The number of hydrogen-bond acceptors (Lipinski definition) is 3. The van der Waals surface area contributed by atoms with Crippen molar-refractivity contribution in [1.29, 1.82) is 0 Å². The van der Waals surface area contributed by atoms with Crippen molar-refractivity contribution in [2.75, 3.05) is 20.1 Å². The quantitative estimate of drug-likeness (QED) is 0.902. The van der Waals surface area contributed by atoms with Gasteiger partial charge in [-0.25, -0.2) is 4.39 Å². The summed E-state index contributed by atoms with van der Waals surface area (Å²) in [6.45, 7) is 7.52. The Morgan fingerprint density at radius 2 is 2.14 bits per heavy atom. The van der Waals surface area contributed by atoms with E-state index < -0.39 is 0 Å². The van der Waals surface area contributed by atoms with E-state index in [1.807, 2.05) is 20.0 Å². The third kappa shape index (κ3) is 3.60. The topological polar surface area (TPSA) is 35.6 Å². The van der Waals surface area contributed by atoms with Crippen LogP contribution in [0.5, 0.6) is 0 Å². The van der Waals surface area contributed by atoms with E-state index >= 15 is 0 Å². The van der Waals surface area contributed by atoms with Gasteiger partial charge in [-0.1, -0.05) is 12.1 Å². The summed E-state index contributed by atoms with van der Waals surface area (Å²) < 4.78 is 13.4. The number of carbonyl (C=O) groups is 1. The zero-order chi connectivity index (χ0) is 15.6. The number of rotatable bonds is 5. The van der Waals surface area contributed by atoms with E-state index in [0.29, 0.717) is 12.6 Å². The summed E-state index contributed by atoms with van der Waals surface area (Å²) in [5.74, 6) is -0.207. The van der Waals surface area contributed by atoms with Crippen LogP contribution < -0.4 is 5.32 Å². The minimum Gasteiger partial charge on any atom is -0.320 e. The highest BCUT2D eigenvalue weighted by atomic mass is 19.1. The summed E-state index contributed by atoms with van der Waals surface area (Å²) >= 11 is 0. The van der Waals surface area contributed by atoms with Crippen LogP contribution in [0.2, 0.25) is 0 Å². The van der Waals surface area contributed by atoms with Gasteiger partial charge in [0.2, 0.25) is 5.91 Å². The van der Waals surface area contributed by atoms with Crippen LogP contribution in [0, 0.1) is 5.82 Å². The lowest BCUT2D eigenvalue weighted by molar-refractivity contribution is -0.130. The minimum absolute atomic E-state index is 0.0708. The van der Waals surface area contributed by atoms with Crippen molar-refractivity contribution in [3.63, 3.8) is 0 Å². The molecule has 1 aromatic rings. The zero-order valence-corrected chi connectivity index (χ0v) is 13.1. The molecule has 4 nitrogen and oxygen atoms in total. The van der Waals surface area contributed by atoms with Gasteiger partial charge in [0.15, 0.2) is 0 Å². The molecule has 116 valence electrons. The summed E-state index contributed by atoms with van der Waals surface area (Å²) in [5.41, 5.74) is 0.792. The van der Waals surface area contributed by atoms with Gasteiger partial charge in [0.25, 0.3) is 0 Å². The Hall–Kier alpha value is -1.46. The minimum atomic E-state index is -0.277. The molecule has 2 atom stereocenters. The normalized spacial score (nSPS) is 22.6. The van der Waals surface area contributed by atoms with Crippen LogP contribution in [-0.2, 0) is 4.79 Å². The first-order valence-corrected chi connectivity index (χ1v) is 7.42. The van der Waals surface area contributed by atoms with Crippen molar-refractivity contribution in [2.24, 2.45) is 0 Å². The molecule has 2 rings (SSSR count). The molecule has 0 spiro atoms. The number of likely N-dealkylation sites (N-methyl/N-ethyl adjacent to an activating group) is 1. The maximum absolute atomic E-state index is 13.4. The molecule has 2 unspecified atom stereocenters. The monoisotopic (exact) mass is 293 g/mol. The third-order valence-corrected chi connectivity index (χ3v) is 4.11. The van der Waals surface area contributed by atoms with Gasteiger partial charge in [-0.05, 0) is 45.5 Å². The van der Waals surface area contributed by atoms with Crippen LogP contribution >= 0.6 is 0 Å². The Morgan fingerprint density at radius 1 is 1.43 bits per heavy atom. The first-order valence-electron chi connectivity index (χ1n) is 7.42. The third-order valence-electron chi connectivity index (χ3n) is 4.11. The Morgan fingerprint density at radius 3 is 2.76 bits per heavy atom. The van der Waals surface area contributed by atoms with Crippen molar-refractivity contribution in [1.82, 2.24) is 15.1 Å². The largest absolute Gasteiger partial charge is 0.320 e. The van der Waals surface area contributed by atoms with E-state index in [2.05, 4.69) is 24.1 Å². The molecule has 0 saturated carbocycles. The predicted octanol–water partition coefficient (Wildman–Crippen LogP) is 1.98. The van der Waals surface area contributed by atoms with Crippen LogP contribution in [0.15, 0.2) is 24.3 Å². The lowest BCUT2D eigenvalue weighted by atomic mass is 10.1. The lowest BCUT2D eigenvalue weighted by Crippen LogP contribution is -2.39. The average Bonchev–Trinajstić information content (AvgIpc) is 2.72. The molecule has 5 heteroatoms. The molecule has 1 saturated heterocycles. The molecule has 1 fully saturated rings. The van der Waals surface area contributed by atoms with Crippen LogP contribution in [-0.4, -0.2) is 47.9 Å². The molecule has 1 aliphatic heterocycles. The maximum Gasteiger partial charge on any atom is 0.241 e. The molecule has 0 bridgehead atoms. The number of amides is 1. The molecule has 21 heavy (non-hydrogen) atoms. The fourth-order valence-electron chi connectivity index (χ4n) is 2.49. The Kier molecular flexibility index (Phi) is 4.96. The zero-order valence-electron chi connectivity index (χ0n) is 13.1. The second-order valence-corrected chi connectivity index (χ2v) is 5.95. The molecule has 0 radical (unpaired) electrons. The van der Waals surface area contributed by atoms with Crippen LogP contribution in [0.25, 0.3) is 0 Å². The fourth-order valence-corrected chi connectivity index (χ4v) is 2.49. The second-order valence-electron chi connectivity index (χ2n) is 5.95. The van der Waals surface area contributed by atoms with E-state index in [1.165, 1.54) is 12.1 Å². The lowest BCUT2D eigenvalue weighted by Gasteiger charge is -2.28. The molecule has 1 heterocycles. The Balaban J connectivity index is 2.13. The number of benzene rings is 1. The van der Waals surface area contributed by atoms with Crippen LogP contribution in [0.3, 0.4) is 0 Å². The van der Waals surface area contributed by atoms with Gasteiger partial charge in [0.05, 0.1) is 6.04 Å². The van der Waals surface area contributed by atoms with E-state index in [9.17, 15) is 9.18 Å². The smallest absolute Gasteiger partial charge is 0.241 e. The Bertz CT molecular complexity index is 506. The number of nitrogens with one attached hydrogen (secondary N) is 1. The molecule has 1 aromatic carbocycles. The van der Waals surface area contributed by atoms with E-state index in [-0.39, 0.29) is 23.9 Å². The predicted molar refractivity (Wildman–Crippen MR) is 81.2 cm³/mol. The van der Waals surface area contributed by atoms with Gasteiger partial charge in [-0.2, -0.15) is 0 Å². The number of halogens is 1. The summed E-state index contributed by atoms with van der Waals surface area (Å²) in [4.78, 5) is 16.3. The highest BCUT2D eigenvalue weighted by molar-refractivity contribution is 5.84. The van der Waals surface area contributed by atoms with Gasteiger partial charge >= 0.3 is 0 Å². The molecule has 0 aliphatic carbocycles. The van der Waals surface area contributed by atoms with Gasteiger partial charge in [0, 0.05) is 19.1 Å². The highest BCUT2D eigenvalue weighted by Crippen LogP contribution is 2.25. The first kappa shape index (κ1) is 15.9. The van der Waals surface area contributed by atoms with Crippen molar-refractivity contribution in [3.8, 4) is 0 Å². The van der Waals surface area contributed by atoms with Crippen molar-refractivity contribution >= 4 is 5.91 Å². The van der Waals surface area contributed by atoms with E-state index in [4.69, 9.17) is 0 Å². The standard InChI is InChI=1S/C16H24FN3O/c1-11(2)19(4)8-9-20-15(18-12(3)16(20)21)13-6-5-7-14(17)10-13/h5-7,10-12,15,18H,8-9H2,1-4H3. The van der Waals surface area contributed by atoms with Crippen molar-refractivity contribution in [3.05, 3.63) is 35.6 Å². The van der Waals surface area contributed by atoms with Gasteiger partial charge in [-0.15, -0.1) is 0 Å². The van der Waals surface area contributed by atoms with Gasteiger partial charge in [-0.3, -0.25) is 10.1 Å². The summed E-state index contributed by atoms with van der Waals surface area (Å²) in [6.07, 6.45) is -0.247. The van der Waals surface area contributed by atoms with Gasteiger partial charge in [0.1, 0.15) is 12.0 Å². The van der Waals surface area contributed by atoms with Crippen molar-refractivity contribution in [2.45, 2.75) is 39.0 Å². The van der Waals surface area contributed by atoms with Crippen LogP contribution in [0.1, 0.15) is 32.5 Å². The summed E-state index contributed by atoms with van der Waals surface area (Å²) in [5, 5.41) is 3.24. The Labute approximate surface area is 125 Å². The molecular weight excluding hydrogens is 269 g/mol. The fraction of sp³-hybridized carbons (Fsp3) is 0.562. The summed E-state index contributed by atoms with van der Waals surface area (Å²) in [6, 6.07) is 6.63. The molecule has 1 aliphatic rings. The molecule has 1 N–H and O–H groups in total. The SMILES string of the molecule is CC1NC(c2cccc(F)c2)N(CCN(C)C(C)C)C1=O. The van der Waals surface area contributed by atoms with Crippen molar-refractivity contribution < 1.29 is 9.18 Å². The first-order chi connectivity index (χ1) is 9.90. The number of hydrogen-bond donors (Lipinski definition) is 1. The van der Waals surface area contributed by atoms with E-state index in [1.54, 1.807) is 11.0 Å². The van der Waals surface area contributed by atoms with Gasteiger partial charge < -0.3 is 9.80 Å². The number of nitrogens with zero attached hydrogens (tertiary/aromatic N) is 2. The second kappa shape index (κ2) is 6.54. The molecule has 1 amide bonds. The number of carbonyl (C=O) groups excluding carboxylic acids is 1. The molecular formula is C16H24FN3O. The average molecular weight is 293 g/mol.